The quantitative estimate of drug-likeness (QED) is 0.0583. The van der Waals surface area contributed by atoms with Gasteiger partial charge in [-0.3, -0.25) is 24.0 Å². The highest BCUT2D eigenvalue weighted by Gasteiger charge is 2.39. The summed E-state index contributed by atoms with van der Waals surface area (Å²) < 4.78 is 106. The number of anilines is 1. The van der Waals surface area contributed by atoms with Gasteiger partial charge in [0.15, 0.2) is 23.2 Å². The number of nitrogens with two attached hydrogens (primary N) is 1. The van der Waals surface area contributed by atoms with Crippen molar-refractivity contribution in [1.82, 2.24) is 34.3 Å². The molecular weight excluding hydrogens is 1010 g/mol. The van der Waals surface area contributed by atoms with E-state index in [1.165, 1.54) is 27.0 Å². The van der Waals surface area contributed by atoms with Crippen LogP contribution >= 0.6 is 46.5 Å². The number of amides is 2. The summed E-state index contributed by atoms with van der Waals surface area (Å²) in [4.78, 5) is 61.8. The van der Waals surface area contributed by atoms with Gasteiger partial charge in [0, 0.05) is 32.5 Å². The number of nitrogens with zero attached hydrogens (tertiary/aromatic N) is 6. The lowest BCUT2D eigenvalue weighted by Crippen LogP contribution is -2.36. The molecule has 22 nitrogen and oxygen atoms in total. The molecule has 1 aromatic carbocycles. The number of benzene rings is 1. The molecule has 7 N–H and O–H groups in total. The van der Waals surface area contributed by atoms with Gasteiger partial charge in [-0.15, -0.1) is 0 Å². The summed E-state index contributed by atoms with van der Waals surface area (Å²) in [5.41, 5.74) is 2.45. The number of aromatic carboxylic acids is 1. The molecule has 2 unspecified atom stereocenters. The number of esters is 1. The van der Waals surface area contributed by atoms with Gasteiger partial charge in [-0.25, -0.2) is 23.5 Å². The van der Waals surface area contributed by atoms with Gasteiger partial charge >= 0.3 is 30.1 Å². The second-order valence-electron chi connectivity index (χ2n) is 12.6. The Balaban J connectivity index is 0.000000353. The number of carbonyl (C=O) groups is 4. The highest BCUT2D eigenvalue weighted by molar-refractivity contribution is 9.10. The number of aryl methyl sites for hydroxylation is 2. The molecule has 0 aliphatic heterocycles. The molecule has 3 heterocycles. The zero-order chi connectivity index (χ0) is 48.5. The van der Waals surface area contributed by atoms with Crippen molar-refractivity contribution < 1.29 is 79.0 Å². The number of nitrogens with one attached hydrogen (secondary N) is 2. The van der Waals surface area contributed by atoms with E-state index in [1.807, 2.05) is 0 Å². The second-order valence-corrected chi connectivity index (χ2v) is 18.3. The Labute approximate surface area is 372 Å². The predicted octanol–water partition coefficient (Wildman–Crippen LogP) is 5.00. The van der Waals surface area contributed by atoms with Crippen molar-refractivity contribution in [2.75, 3.05) is 32.4 Å². The molecule has 0 spiro atoms. The number of aliphatic carboxylic acids is 1. The van der Waals surface area contributed by atoms with Gasteiger partial charge in [-0.2, -0.15) is 41.8 Å². The summed E-state index contributed by atoms with van der Waals surface area (Å²) in [5, 5.41) is 25.2. The van der Waals surface area contributed by atoms with Crippen LogP contribution in [0.3, 0.4) is 0 Å². The zero-order valence-electron chi connectivity index (χ0n) is 33.5. The molecule has 3 aromatic heterocycles. The van der Waals surface area contributed by atoms with Crippen LogP contribution in [-0.2, 0) is 44.4 Å². The average molecular weight is 1050 g/mol. The van der Waals surface area contributed by atoms with E-state index < -0.39 is 91.4 Å². The van der Waals surface area contributed by atoms with E-state index >= 15 is 0 Å². The van der Waals surface area contributed by atoms with Crippen LogP contribution < -0.4 is 25.2 Å². The first-order chi connectivity index (χ1) is 28.8. The summed E-state index contributed by atoms with van der Waals surface area (Å²) in [6.07, 6.45) is -5.14. The third kappa shape index (κ3) is 15.3. The van der Waals surface area contributed by atoms with Crippen molar-refractivity contribution in [1.29, 1.82) is 0 Å². The maximum absolute atomic E-state index is 14.3. The number of carbonyl (C=O) groups excluding carboxylic acids is 2. The van der Waals surface area contributed by atoms with Crippen LogP contribution in [0.15, 0.2) is 27.7 Å². The van der Waals surface area contributed by atoms with Gasteiger partial charge in [0.1, 0.15) is 23.1 Å². The van der Waals surface area contributed by atoms with Gasteiger partial charge < -0.3 is 35.1 Å². The normalized spacial score (nSPS) is 12.7. The first-order valence-electron chi connectivity index (χ1n) is 16.9. The van der Waals surface area contributed by atoms with E-state index in [0.29, 0.717) is 9.36 Å². The van der Waals surface area contributed by atoms with Gasteiger partial charge in [-0.05, 0) is 48.3 Å². The molecule has 4 rings (SSSR count). The molecule has 63 heavy (non-hydrogen) atoms. The van der Waals surface area contributed by atoms with E-state index in [1.54, 1.807) is 18.6 Å². The Morgan fingerprint density at radius 2 is 1.57 bits per heavy atom. The Bertz CT molecular complexity index is 2500. The van der Waals surface area contributed by atoms with Crippen molar-refractivity contribution in [2.45, 2.75) is 43.6 Å². The first-order valence-corrected chi connectivity index (χ1v) is 22.2. The number of halogens is 7. The molecule has 0 radical (unpaired) electrons. The van der Waals surface area contributed by atoms with Gasteiger partial charge in [-0.1, -0.05) is 23.2 Å². The Morgan fingerprint density at radius 1 is 1.02 bits per heavy atom. The Morgan fingerprint density at radius 3 is 2.02 bits per heavy atom. The van der Waals surface area contributed by atoms with E-state index in [9.17, 15) is 49.7 Å². The summed E-state index contributed by atoms with van der Waals surface area (Å²) in [5.74, 6) is -4.73. The van der Waals surface area contributed by atoms with Crippen LogP contribution in [0.4, 0.5) is 28.3 Å². The largest absolute Gasteiger partial charge is 0.481 e. The number of alkyl halides is 3. The molecule has 31 heteroatoms. The fourth-order valence-corrected chi connectivity index (χ4v) is 7.91. The van der Waals surface area contributed by atoms with E-state index in [-0.39, 0.29) is 52.1 Å². The molecule has 348 valence electrons. The molecule has 0 aliphatic rings. The molecule has 0 bridgehead atoms. The number of ether oxygens (including phenoxy) is 3. The van der Waals surface area contributed by atoms with Crippen molar-refractivity contribution in [3.05, 3.63) is 55.5 Å². The summed E-state index contributed by atoms with van der Waals surface area (Å²) in [6.45, 7) is 4.41. The van der Waals surface area contributed by atoms with Crippen LogP contribution in [-0.4, -0.2) is 116 Å². The Kier molecular flexibility index (Phi) is 18.9. The first kappa shape index (κ1) is 54.0. The molecule has 0 fully saturated rings. The molecule has 0 saturated carbocycles. The maximum Gasteiger partial charge on any atom is 0.434 e. The monoisotopic (exact) mass is 1040 g/mol. The number of rotatable bonds is 13. The van der Waals surface area contributed by atoms with Crippen LogP contribution in [0.25, 0.3) is 11.3 Å². The molecule has 4 aromatic rings. The predicted molar refractivity (Wildman–Crippen MR) is 217 cm³/mol. The number of methoxy groups -OCH3 is 2. The third-order valence-corrected chi connectivity index (χ3v) is 11.1. The van der Waals surface area contributed by atoms with Crippen molar-refractivity contribution in [3.8, 4) is 23.0 Å². The topological polar surface area (TPSA) is 319 Å². The number of hydrogen-bond donors (Lipinski definition) is 6. The van der Waals surface area contributed by atoms with Crippen molar-refractivity contribution in [3.63, 3.8) is 0 Å². The number of urea groups is 1. The van der Waals surface area contributed by atoms with Crippen LogP contribution in [0, 0.1) is 5.82 Å². The minimum Gasteiger partial charge on any atom is -0.481 e. The molecule has 2 atom stereocenters. The lowest BCUT2D eigenvalue weighted by Gasteiger charge is -2.11. The number of carboxylic acids is 2. The van der Waals surface area contributed by atoms with Gasteiger partial charge in [0.05, 0.1) is 41.4 Å². The lowest BCUT2D eigenvalue weighted by atomic mass is 10.1. The molecule has 0 saturated heterocycles. The SMILES string of the molecule is CC(C)OC(=O)c1cc(-c2nn(C)c(C(F)(F)F)c2Br)c(F)cc1Cl.COc1cc(OC)nc(NC(=O)NS(=O)(=O)c2c(C(=O)O)c(Cl)nn2C)n1.CP(=O)(O)CCC(N)C(=O)O. The highest BCUT2D eigenvalue weighted by Crippen LogP contribution is 2.41. The van der Waals surface area contributed by atoms with E-state index in [2.05, 4.69) is 41.4 Å². The average Bonchev–Trinajstić information content (AvgIpc) is 3.62. The number of aromatic nitrogens is 6. The van der Waals surface area contributed by atoms with Crippen LogP contribution in [0.2, 0.25) is 10.2 Å². The standard InChI is InChI=1S/C15H12BrClF4N2O2.C12H13ClN6O7S.C5H12NO4P/c1-6(2)25-14(24)7-4-8(10(18)5-9(7)17)12-11(16)13(15(19,20)21)23(3)22-12;1-19-9(7(10(20)21)8(13)17-19)27(23,24)18-12(22)16-11-14-5(25-2)4-6(15-11)26-3;1-11(9,10)3-2-4(6)5(7)8/h4-6H,1-3H3;4H,1-3H3,(H,20,21)(H2,14,15,16,18,22);4H,2-3,6H2,1H3,(H,7,8)(H,9,10). The summed E-state index contributed by atoms with van der Waals surface area (Å²) >= 11 is 14.3. The molecule has 2 amide bonds. The third-order valence-electron chi connectivity index (χ3n) is 7.27. The highest BCUT2D eigenvalue weighted by atomic mass is 79.9. The van der Waals surface area contributed by atoms with Gasteiger partial charge in [0.2, 0.25) is 17.7 Å². The zero-order valence-corrected chi connectivity index (χ0v) is 38.3. The molecular formula is C32H37BrCl2F4N9O13PS. The van der Waals surface area contributed by atoms with Gasteiger partial charge in [0.25, 0.3) is 10.0 Å². The van der Waals surface area contributed by atoms with Crippen LogP contribution in [0.5, 0.6) is 11.8 Å². The summed E-state index contributed by atoms with van der Waals surface area (Å²) in [6, 6.07) is 0.892. The van der Waals surface area contributed by atoms with Crippen LogP contribution in [0.1, 0.15) is 46.7 Å². The Hall–Kier alpha value is -5.12. The van der Waals surface area contributed by atoms with E-state index in [0.717, 1.165) is 26.2 Å². The fraction of sp³-hybridized carbons (Fsp3) is 0.375. The lowest BCUT2D eigenvalue weighted by molar-refractivity contribution is -0.144. The number of carboxylic acid groups (broad SMARTS) is 2. The van der Waals surface area contributed by atoms with Crippen molar-refractivity contribution in [2.24, 2.45) is 19.8 Å². The second kappa shape index (κ2) is 22.0. The summed E-state index contributed by atoms with van der Waals surface area (Å²) in [7, 11) is -2.88. The number of hydrogen-bond acceptors (Lipinski definition) is 15. The number of sulfonamides is 1. The minimum atomic E-state index is -4.69. The maximum atomic E-state index is 14.3. The van der Waals surface area contributed by atoms with E-state index in [4.69, 9.17) is 58.3 Å². The molecule has 0 aliphatic carbocycles. The minimum absolute atomic E-state index is 0.0412. The van der Waals surface area contributed by atoms with Crippen molar-refractivity contribution >= 4 is 86.4 Å². The fourth-order valence-electron chi connectivity index (χ4n) is 4.58. The smallest absolute Gasteiger partial charge is 0.434 e.